The first-order valence-corrected chi connectivity index (χ1v) is 5.98. The molecule has 0 aliphatic rings. The second kappa shape index (κ2) is 5.23. The predicted molar refractivity (Wildman–Crippen MR) is 72.4 cm³/mol. The highest BCUT2D eigenvalue weighted by Crippen LogP contribution is 2.45. The summed E-state index contributed by atoms with van der Waals surface area (Å²) < 4.78 is 0. The first kappa shape index (κ1) is 14.5. The van der Waals surface area contributed by atoms with Gasteiger partial charge in [-0.05, 0) is 4.92 Å². The average Bonchev–Trinajstić information content (AvgIpc) is 2.84. The molecule has 20 heavy (non-hydrogen) atoms. The lowest BCUT2D eigenvalue weighted by atomic mass is 10.1. The molecule has 0 atom stereocenters. The number of rotatable bonds is 3. The monoisotopic (exact) mass is 336 g/mol. The SMILES string of the molecule is O=[N+]([O-])c1cc(Cl)c(Cl)c(Cl)c1-c1nc[nH]c1[N+](=O)[O-]. The number of nitro benzene ring substituents is 1. The maximum absolute atomic E-state index is 11.1. The highest BCUT2D eigenvalue weighted by molar-refractivity contribution is 6.49. The van der Waals surface area contributed by atoms with Gasteiger partial charge in [-0.2, -0.15) is 0 Å². The number of nitrogens with zero attached hydrogens (tertiary/aromatic N) is 3. The molecule has 2 aromatic rings. The zero-order chi connectivity index (χ0) is 15.0. The number of halogens is 3. The number of imidazole rings is 1. The second-order valence-electron chi connectivity index (χ2n) is 3.49. The van der Waals surface area contributed by atoms with Crippen molar-refractivity contribution < 1.29 is 9.85 Å². The topological polar surface area (TPSA) is 115 Å². The number of hydrogen-bond donors (Lipinski definition) is 1. The third-order valence-corrected chi connectivity index (χ3v) is 3.64. The summed E-state index contributed by atoms with van der Waals surface area (Å²) in [7, 11) is 0. The molecular formula is C9H3Cl3N4O4. The standard InChI is InChI=1S/C9H3Cl3N4O4/c10-3-1-4(15(17)18)5(7(12)6(3)11)8-9(16(19)20)14-2-13-8/h1-2H,(H,13,14). The van der Waals surface area contributed by atoms with Gasteiger partial charge in [-0.25, -0.2) is 9.97 Å². The summed E-state index contributed by atoms with van der Waals surface area (Å²) in [6, 6.07) is 0.962. The summed E-state index contributed by atoms with van der Waals surface area (Å²) in [6.07, 6.45) is 1.02. The molecule has 0 spiro atoms. The van der Waals surface area contributed by atoms with Crippen molar-refractivity contribution in [1.82, 2.24) is 9.97 Å². The van der Waals surface area contributed by atoms with Crippen LogP contribution in [0.3, 0.4) is 0 Å². The lowest BCUT2D eigenvalue weighted by Gasteiger charge is -2.06. The molecule has 0 amide bonds. The summed E-state index contributed by atoms with van der Waals surface area (Å²) >= 11 is 17.4. The van der Waals surface area contributed by atoms with Crippen molar-refractivity contribution in [2.75, 3.05) is 0 Å². The van der Waals surface area contributed by atoms with Gasteiger partial charge in [0.25, 0.3) is 5.69 Å². The summed E-state index contributed by atoms with van der Waals surface area (Å²) in [5.74, 6) is -0.534. The Morgan fingerprint density at radius 3 is 2.30 bits per heavy atom. The fourth-order valence-corrected chi connectivity index (χ4v) is 2.24. The Bertz CT molecular complexity index is 730. The van der Waals surface area contributed by atoms with Crippen molar-refractivity contribution in [1.29, 1.82) is 0 Å². The van der Waals surface area contributed by atoms with E-state index in [0.717, 1.165) is 12.4 Å². The molecule has 2 rings (SSSR count). The van der Waals surface area contributed by atoms with Crippen molar-refractivity contribution in [2.24, 2.45) is 0 Å². The number of H-pyrrole nitrogens is 1. The number of aromatic amines is 1. The molecule has 0 saturated carbocycles. The van der Waals surface area contributed by atoms with E-state index in [2.05, 4.69) is 9.97 Å². The highest BCUT2D eigenvalue weighted by Gasteiger charge is 2.30. The summed E-state index contributed by atoms with van der Waals surface area (Å²) in [5.41, 5.74) is -1.08. The zero-order valence-corrected chi connectivity index (χ0v) is 11.5. The van der Waals surface area contributed by atoms with E-state index in [-0.39, 0.29) is 26.3 Å². The fourth-order valence-electron chi connectivity index (χ4n) is 1.56. The van der Waals surface area contributed by atoms with Crippen LogP contribution in [-0.4, -0.2) is 19.8 Å². The van der Waals surface area contributed by atoms with Crippen LogP contribution in [0.5, 0.6) is 0 Å². The molecule has 0 unspecified atom stereocenters. The zero-order valence-electron chi connectivity index (χ0n) is 9.26. The van der Waals surface area contributed by atoms with Gasteiger partial charge in [0.2, 0.25) is 0 Å². The number of hydrogen-bond acceptors (Lipinski definition) is 5. The van der Waals surface area contributed by atoms with Crippen molar-refractivity contribution in [3.63, 3.8) is 0 Å². The molecule has 1 aromatic carbocycles. The molecule has 1 N–H and O–H groups in total. The Hall–Kier alpha value is -1.90. The van der Waals surface area contributed by atoms with Gasteiger partial charge in [-0.1, -0.05) is 34.8 Å². The number of benzene rings is 1. The largest absolute Gasteiger partial charge is 0.358 e. The van der Waals surface area contributed by atoms with Crippen molar-refractivity contribution in [3.05, 3.63) is 47.7 Å². The van der Waals surface area contributed by atoms with Gasteiger partial charge >= 0.3 is 5.82 Å². The molecule has 11 heteroatoms. The van der Waals surface area contributed by atoms with Crippen LogP contribution in [-0.2, 0) is 0 Å². The molecule has 0 saturated heterocycles. The first-order valence-electron chi connectivity index (χ1n) is 4.84. The van der Waals surface area contributed by atoms with E-state index in [1.54, 1.807) is 0 Å². The van der Waals surface area contributed by atoms with Gasteiger partial charge in [0.1, 0.15) is 5.56 Å². The molecule has 0 aliphatic carbocycles. The van der Waals surface area contributed by atoms with Crippen LogP contribution >= 0.6 is 34.8 Å². The first-order chi connectivity index (χ1) is 9.34. The van der Waals surface area contributed by atoms with Crippen LogP contribution in [0, 0.1) is 20.2 Å². The van der Waals surface area contributed by atoms with Gasteiger partial charge in [0.05, 0.1) is 20.0 Å². The minimum Gasteiger partial charge on any atom is -0.358 e. The molecule has 0 aliphatic heterocycles. The smallest absolute Gasteiger partial charge is 0.348 e. The number of nitrogens with one attached hydrogen (secondary N) is 1. The maximum Gasteiger partial charge on any atom is 0.348 e. The van der Waals surface area contributed by atoms with Gasteiger partial charge in [-0.3, -0.25) is 10.1 Å². The van der Waals surface area contributed by atoms with Crippen LogP contribution in [0.2, 0.25) is 15.1 Å². The predicted octanol–water partition coefficient (Wildman–Crippen LogP) is 3.85. The molecule has 1 aromatic heterocycles. The quantitative estimate of drug-likeness (QED) is 0.519. The molecule has 0 radical (unpaired) electrons. The third kappa shape index (κ3) is 2.28. The Morgan fingerprint density at radius 2 is 1.75 bits per heavy atom. The minimum atomic E-state index is -0.776. The lowest BCUT2D eigenvalue weighted by Crippen LogP contribution is -1.97. The Balaban J connectivity index is 2.85. The van der Waals surface area contributed by atoms with E-state index in [9.17, 15) is 20.2 Å². The minimum absolute atomic E-state index is 0.134. The van der Waals surface area contributed by atoms with Gasteiger partial charge in [-0.15, -0.1) is 0 Å². The van der Waals surface area contributed by atoms with Crippen LogP contribution in [0.15, 0.2) is 12.4 Å². The Morgan fingerprint density at radius 1 is 1.10 bits per heavy atom. The molecule has 0 fully saturated rings. The van der Waals surface area contributed by atoms with E-state index >= 15 is 0 Å². The van der Waals surface area contributed by atoms with Crippen LogP contribution in [0.1, 0.15) is 0 Å². The summed E-state index contributed by atoms with van der Waals surface area (Å²) in [5, 5.41) is 21.4. The number of aromatic nitrogens is 2. The Labute approximate surface area is 125 Å². The van der Waals surface area contributed by atoms with Crippen molar-refractivity contribution in [2.45, 2.75) is 0 Å². The Kier molecular flexibility index (Phi) is 3.80. The van der Waals surface area contributed by atoms with Crippen molar-refractivity contribution >= 4 is 46.3 Å². The number of nitro groups is 2. The maximum atomic E-state index is 11.1. The van der Waals surface area contributed by atoms with E-state index in [4.69, 9.17) is 34.8 Å². The van der Waals surface area contributed by atoms with E-state index in [1.807, 2.05) is 0 Å². The van der Waals surface area contributed by atoms with Gasteiger partial charge in [0, 0.05) is 6.07 Å². The van der Waals surface area contributed by atoms with Crippen LogP contribution < -0.4 is 0 Å². The third-order valence-electron chi connectivity index (χ3n) is 2.38. The molecule has 0 bridgehead atoms. The highest BCUT2D eigenvalue weighted by atomic mass is 35.5. The molecule has 8 nitrogen and oxygen atoms in total. The molecular weight excluding hydrogens is 334 g/mol. The molecule has 104 valence electrons. The summed E-state index contributed by atoms with van der Waals surface area (Å²) in [4.78, 5) is 26.3. The lowest BCUT2D eigenvalue weighted by molar-refractivity contribution is -0.389. The normalized spacial score (nSPS) is 10.6. The van der Waals surface area contributed by atoms with E-state index in [1.165, 1.54) is 0 Å². The molecule has 1 heterocycles. The van der Waals surface area contributed by atoms with E-state index < -0.39 is 21.4 Å². The fraction of sp³-hybridized carbons (Fsp3) is 0. The van der Waals surface area contributed by atoms with Crippen LogP contribution in [0.25, 0.3) is 11.3 Å². The summed E-state index contributed by atoms with van der Waals surface area (Å²) in [6.45, 7) is 0. The van der Waals surface area contributed by atoms with E-state index in [0.29, 0.717) is 0 Å². The second-order valence-corrected chi connectivity index (χ2v) is 4.66. The van der Waals surface area contributed by atoms with Crippen LogP contribution in [0.4, 0.5) is 11.5 Å². The van der Waals surface area contributed by atoms with Gasteiger partial charge < -0.3 is 10.1 Å². The average molecular weight is 338 g/mol. The van der Waals surface area contributed by atoms with Crippen molar-refractivity contribution in [3.8, 4) is 11.3 Å². The van der Waals surface area contributed by atoms with Gasteiger partial charge in [0.15, 0.2) is 12.0 Å².